The monoisotopic (exact) mass is 1530 g/mol. The lowest BCUT2D eigenvalue weighted by atomic mass is 10.0. The van der Waals surface area contributed by atoms with Gasteiger partial charge in [-0.25, -0.2) is 0 Å². The average Bonchev–Trinajstić information content (AvgIpc) is 0.844. The first kappa shape index (κ1) is 68.7. The zero-order chi connectivity index (χ0) is 68.5. The van der Waals surface area contributed by atoms with Crippen molar-refractivity contribution in [2.75, 3.05) is 26.2 Å². The fourth-order valence-corrected chi connectivity index (χ4v) is 12.3. The Bertz CT molecular complexity index is 5070. The van der Waals surface area contributed by atoms with E-state index in [-0.39, 0.29) is 0 Å². The lowest BCUT2D eigenvalue weighted by molar-refractivity contribution is 1.28. The van der Waals surface area contributed by atoms with Crippen LogP contribution in [0.15, 0.2) is 421 Å². The van der Waals surface area contributed by atoms with Gasteiger partial charge in [-0.05, 0) is 224 Å². The summed E-state index contributed by atoms with van der Waals surface area (Å²) in [5, 5.41) is 11.8. The molecule has 0 aliphatic heterocycles. The van der Waals surface area contributed by atoms with Crippen LogP contribution in [0.2, 0.25) is 0 Å². The molecular weight excluding hydrogens is 1460 g/mol. The molecule has 8 heteroatoms. The fraction of sp³-hybridized carbons (Fsp3) is 0. The second-order valence-electron chi connectivity index (χ2n) is 23.3. The largest absolute Gasteiger partial charge is 0.398 e. The topological polar surface area (TPSA) is 56.6 Å². The van der Waals surface area contributed by atoms with Crippen molar-refractivity contribution in [3.05, 3.63) is 425 Å². The molecule has 0 fully saturated rings. The Balaban J connectivity index is 0.000000129. The highest BCUT2D eigenvalue weighted by molar-refractivity contribution is 14.1. The highest BCUT2D eigenvalue weighted by Gasteiger charge is 2.15. The first-order chi connectivity index (χ1) is 49.2. The van der Waals surface area contributed by atoms with E-state index >= 15 is 0 Å². The number of hydrogen-bond acceptors (Lipinski definition) is 5. The predicted molar refractivity (Wildman–Crippen MR) is 445 cm³/mol. The van der Waals surface area contributed by atoms with E-state index in [2.05, 4.69) is 402 Å². The van der Waals surface area contributed by atoms with Crippen molar-refractivity contribution >= 4 is 139 Å². The Morgan fingerprint density at radius 1 is 0.230 bits per heavy atom. The van der Waals surface area contributed by atoms with Crippen LogP contribution in [-0.4, -0.2) is 0 Å². The van der Waals surface area contributed by atoms with Crippen molar-refractivity contribution < 1.29 is 0 Å². The summed E-state index contributed by atoms with van der Waals surface area (Å²) in [4.78, 5) is 4.55. The molecule has 100 heavy (non-hydrogen) atoms. The minimum Gasteiger partial charge on any atom is -0.398 e. The van der Waals surface area contributed by atoms with Gasteiger partial charge in [0.1, 0.15) is 0 Å². The van der Waals surface area contributed by atoms with Gasteiger partial charge in [0, 0.05) is 85.8 Å². The number of nitrogen functional groups attached to an aromatic ring is 1. The summed E-state index contributed by atoms with van der Waals surface area (Å²) in [6.07, 6.45) is 0. The Morgan fingerprint density at radius 2 is 0.510 bits per heavy atom. The van der Waals surface area contributed by atoms with Crippen LogP contribution in [0.3, 0.4) is 0 Å². The minimum atomic E-state index is 0.850. The minimum absolute atomic E-state index is 0.850. The van der Waals surface area contributed by atoms with E-state index in [0.29, 0.717) is 0 Å². The number of anilines is 11. The normalized spacial score (nSPS) is 10.4. The van der Waals surface area contributed by atoms with Crippen LogP contribution in [0.4, 0.5) is 62.6 Å². The van der Waals surface area contributed by atoms with E-state index < -0.39 is 0 Å². The molecule has 0 atom stereocenters. The Kier molecular flexibility index (Phi) is 24.2. The van der Waals surface area contributed by atoms with E-state index in [1.165, 1.54) is 53.1 Å². The van der Waals surface area contributed by atoms with Gasteiger partial charge < -0.3 is 26.2 Å². The summed E-state index contributed by atoms with van der Waals surface area (Å²) in [7, 11) is 0. The molecule has 0 unspecified atom stereocenters. The van der Waals surface area contributed by atoms with Gasteiger partial charge in [-0.1, -0.05) is 287 Å². The molecule has 0 saturated carbocycles. The van der Waals surface area contributed by atoms with Crippen LogP contribution < -0.4 is 26.2 Å². The maximum Gasteiger partial charge on any atom is 0.0463 e. The molecule has 4 N–H and O–H groups in total. The number of fused-ring (bicyclic) bond motifs is 2. The second kappa shape index (κ2) is 35.3. The van der Waals surface area contributed by atoms with Crippen molar-refractivity contribution in [2.45, 2.75) is 0 Å². The summed E-state index contributed by atoms with van der Waals surface area (Å²) in [6, 6.07) is 143. The molecule has 16 aromatic rings. The summed E-state index contributed by atoms with van der Waals surface area (Å²) in [6.45, 7) is 0. The van der Waals surface area contributed by atoms with Gasteiger partial charge in [-0.3, -0.25) is 0 Å². The van der Waals surface area contributed by atoms with Crippen LogP contribution in [0.1, 0.15) is 0 Å². The molecule has 16 rings (SSSR count). The van der Waals surface area contributed by atoms with Gasteiger partial charge in [0.15, 0.2) is 0 Å². The first-order valence-electron chi connectivity index (χ1n) is 33.0. The smallest absolute Gasteiger partial charge is 0.0463 e. The van der Waals surface area contributed by atoms with Crippen molar-refractivity contribution in [1.82, 2.24) is 0 Å². The van der Waals surface area contributed by atoms with Gasteiger partial charge >= 0.3 is 0 Å². The number of nitrogens with zero attached hydrogens (tertiary/aromatic N) is 2. The van der Waals surface area contributed by atoms with E-state index in [4.69, 9.17) is 5.73 Å². The quantitative estimate of drug-likeness (QED) is 0.0793. The fourth-order valence-electron chi connectivity index (χ4n) is 11.4. The Morgan fingerprint density at radius 3 is 0.940 bits per heavy atom. The number of benzene rings is 16. The Hall–Kier alpha value is -11.3. The SMILES string of the molecule is Brc1ccc(I)cc1.Brc1ccc(N(c2ccccc2)c2ccc(-c3ccccc3)cc2)cc1.Nc1cccc2ccccc12.c1ccc(-c2ccc(N(c3ccccc3)c3ccc(Nc4cccc5ccccc45)cc3)cc2)cc1.c1ccc(Nc2ccc(-c3ccccc3)cc2)cc1. The van der Waals surface area contributed by atoms with E-state index in [1.54, 1.807) is 0 Å². The van der Waals surface area contributed by atoms with Crippen molar-refractivity contribution in [3.8, 4) is 33.4 Å². The third-order valence-corrected chi connectivity index (χ3v) is 18.2. The summed E-state index contributed by atoms with van der Waals surface area (Å²) >= 11 is 9.14. The molecular formula is C92H72Br2IN5. The third kappa shape index (κ3) is 19.1. The van der Waals surface area contributed by atoms with E-state index in [9.17, 15) is 0 Å². The zero-order valence-corrected chi connectivity index (χ0v) is 60.2. The molecule has 16 aromatic carbocycles. The molecule has 486 valence electrons. The third-order valence-electron chi connectivity index (χ3n) is 16.5. The predicted octanol–water partition coefficient (Wildman–Crippen LogP) is 27.9. The summed E-state index contributed by atoms with van der Waals surface area (Å²) in [5.74, 6) is 0. The molecule has 0 aliphatic rings. The lowest BCUT2D eigenvalue weighted by Gasteiger charge is -2.26. The number of halogens is 3. The molecule has 0 spiro atoms. The van der Waals surface area contributed by atoms with Gasteiger partial charge in [0.25, 0.3) is 0 Å². The van der Waals surface area contributed by atoms with E-state index in [0.717, 1.165) is 76.9 Å². The molecule has 0 radical (unpaired) electrons. The zero-order valence-electron chi connectivity index (χ0n) is 54.9. The maximum atomic E-state index is 5.76. The molecule has 0 heterocycles. The van der Waals surface area contributed by atoms with Crippen LogP contribution in [0.25, 0.3) is 54.9 Å². The summed E-state index contributed by atoms with van der Waals surface area (Å²) < 4.78 is 3.48. The van der Waals surface area contributed by atoms with Crippen LogP contribution in [0.5, 0.6) is 0 Å². The van der Waals surface area contributed by atoms with Crippen LogP contribution >= 0.6 is 54.5 Å². The van der Waals surface area contributed by atoms with Crippen molar-refractivity contribution in [2.24, 2.45) is 0 Å². The van der Waals surface area contributed by atoms with Crippen molar-refractivity contribution in [3.63, 3.8) is 0 Å². The number of hydrogen-bond donors (Lipinski definition) is 3. The molecule has 0 aromatic heterocycles. The standard InChI is InChI=1S/C34H26N2.C24H18BrN.C18H15N.C10H9N.C6H4BrI/c1-3-10-26(11-4-1)27-18-22-31(23-19-27)36(30-14-5-2-6-15-30)32-24-20-29(21-25-32)35-34-17-9-13-28-12-7-8-16-33(28)34;25-21-13-17-24(18-14-21)26(22-9-5-2-6-10-22)23-15-11-20(12-16-23)19-7-3-1-4-8-19;1-3-7-15(8-4-1)16-11-13-18(14-12-16)19-17-9-5-2-6-10-17;11-10-7-3-5-8-4-1-2-6-9(8)10;7-5-1-3-6(8)4-2-5/h1-25,35H;1-18H;1-14,19H;1-7H,11H2;1-4H. The molecule has 5 nitrogen and oxygen atoms in total. The van der Waals surface area contributed by atoms with Gasteiger partial charge in [-0.15, -0.1) is 0 Å². The molecule has 0 bridgehead atoms. The number of para-hydroxylation sites is 3. The first-order valence-corrected chi connectivity index (χ1v) is 35.6. The number of rotatable bonds is 13. The van der Waals surface area contributed by atoms with Crippen molar-refractivity contribution in [1.29, 1.82) is 0 Å². The van der Waals surface area contributed by atoms with Gasteiger partial charge in [0.2, 0.25) is 0 Å². The Labute approximate surface area is 618 Å². The van der Waals surface area contributed by atoms with Gasteiger partial charge in [0.05, 0.1) is 0 Å². The van der Waals surface area contributed by atoms with E-state index in [1.807, 2.05) is 84.9 Å². The number of nitrogens with one attached hydrogen (secondary N) is 2. The number of nitrogens with two attached hydrogens (primary N) is 1. The molecule has 0 amide bonds. The lowest BCUT2D eigenvalue weighted by Crippen LogP contribution is -2.09. The van der Waals surface area contributed by atoms with Crippen LogP contribution in [0, 0.1) is 3.57 Å². The highest BCUT2D eigenvalue weighted by Crippen LogP contribution is 2.39. The molecule has 0 aliphatic carbocycles. The highest BCUT2D eigenvalue weighted by atomic mass is 127. The van der Waals surface area contributed by atoms with Gasteiger partial charge in [-0.2, -0.15) is 0 Å². The molecule has 0 saturated heterocycles. The average molecular weight is 1530 g/mol. The second-order valence-corrected chi connectivity index (χ2v) is 26.4. The maximum absolute atomic E-state index is 5.76. The summed E-state index contributed by atoms with van der Waals surface area (Å²) in [5.41, 5.74) is 25.1. The van der Waals surface area contributed by atoms with Crippen LogP contribution in [-0.2, 0) is 0 Å².